The monoisotopic (exact) mass is 402 g/mol. The molecule has 2 atom stereocenters. The lowest BCUT2D eigenvalue weighted by Gasteiger charge is -2.62. The van der Waals surface area contributed by atoms with Gasteiger partial charge in [0.2, 0.25) is 0 Å². The maximum absolute atomic E-state index is 11.1. The maximum Gasteiger partial charge on any atom is 0.267 e. The van der Waals surface area contributed by atoms with Crippen molar-refractivity contribution in [2.24, 2.45) is 11.8 Å². The van der Waals surface area contributed by atoms with Gasteiger partial charge in [0, 0.05) is 18.2 Å². The predicted octanol–water partition coefficient (Wildman–Crippen LogP) is 4.59. The van der Waals surface area contributed by atoms with E-state index in [1.54, 1.807) is 17.1 Å². The Morgan fingerprint density at radius 2 is 1.70 bits per heavy atom. The molecular formula is C26H30N2O2. The first-order valence-electron chi connectivity index (χ1n) is 11.1. The molecule has 1 amide bonds. The van der Waals surface area contributed by atoms with Crippen LogP contribution in [0.4, 0.5) is 0 Å². The van der Waals surface area contributed by atoms with Crippen LogP contribution in [0.25, 0.3) is 6.08 Å². The van der Waals surface area contributed by atoms with Crippen LogP contribution in [-0.4, -0.2) is 16.7 Å². The molecule has 6 rings (SSSR count). The van der Waals surface area contributed by atoms with E-state index in [9.17, 15) is 4.79 Å². The molecule has 4 saturated carbocycles. The lowest BCUT2D eigenvalue weighted by molar-refractivity contribution is -0.124. The summed E-state index contributed by atoms with van der Waals surface area (Å²) in [6.07, 6.45) is 11.1. The number of carbonyl (C=O) groups is 1. The number of hydrogen-bond donors (Lipinski definition) is 3. The van der Waals surface area contributed by atoms with Crippen LogP contribution in [0.15, 0.2) is 60.7 Å². The van der Waals surface area contributed by atoms with E-state index >= 15 is 0 Å². The highest BCUT2D eigenvalue weighted by atomic mass is 16.5. The molecule has 4 aliphatic carbocycles. The molecule has 156 valence electrons. The number of rotatable bonds is 6. The molecule has 3 N–H and O–H groups in total. The molecule has 4 bridgehead atoms. The molecule has 4 heteroatoms. The van der Waals surface area contributed by atoms with E-state index in [0.717, 1.165) is 23.9 Å². The molecule has 30 heavy (non-hydrogen) atoms. The van der Waals surface area contributed by atoms with E-state index in [-0.39, 0.29) is 5.54 Å². The number of benzene rings is 2. The molecule has 2 unspecified atom stereocenters. The molecular weight excluding hydrogens is 372 g/mol. The van der Waals surface area contributed by atoms with Gasteiger partial charge in [-0.15, -0.1) is 0 Å². The van der Waals surface area contributed by atoms with Gasteiger partial charge in [-0.2, -0.15) is 0 Å². The Morgan fingerprint density at radius 1 is 1.00 bits per heavy atom. The van der Waals surface area contributed by atoms with Crippen molar-refractivity contribution < 1.29 is 10.0 Å². The van der Waals surface area contributed by atoms with E-state index < -0.39 is 5.91 Å². The Kier molecular flexibility index (Phi) is 5.00. The molecule has 4 fully saturated rings. The summed E-state index contributed by atoms with van der Waals surface area (Å²) < 4.78 is 0. The van der Waals surface area contributed by atoms with Crippen molar-refractivity contribution in [3.05, 3.63) is 77.4 Å². The van der Waals surface area contributed by atoms with Gasteiger partial charge in [-0.25, -0.2) is 5.48 Å². The van der Waals surface area contributed by atoms with Crippen LogP contribution < -0.4 is 10.8 Å². The summed E-state index contributed by atoms with van der Waals surface area (Å²) >= 11 is 0. The first kappa shape index (κ1) is 19.5. The van der Waals surface area contributed by atoms with Gasteiger partial charge in [0.25, 0.3) is 5.91 Å². The van der Waals surface area contributed by atoms with Crippen molar-refractivity contribution in [2.45, 2.75) is 56.0 Å². The first-order chi connectivity index (χ1) is 14.6. The highest BCUT2D eigenvalue weighted by Gasteiger charge is 2.57. The summed E-state index contributed by atoms with van der Waals surface area (Å²) in [5.41, 5.74) is 5.99. The van der Waals surface area contributed by atoms with E-state index in [0.29, 0.717) is 5.41 Å². The Morgan fingerprint density at radius 3 is 2.37 bits per heavy atom. The Bertz CT molecular complexity index is 921. The summed E-state index contributed by atoms with van der Waals surface area (Å²) in [7, 11) is 0. The molecule has 4 nitrogen and oxygen atoms in total. The predicted molar refractivity (Wildman–Crippen MR) is 118 cm³/mol. The van der Waals surface area contributed by atoms with Crippen molar-refractivity contribution in [1.29, 1.82) is 0 Å². The van der Waals surface area contributed by atoms with Crippen molar-refractivity contribution in [2.75, 3.05) is 0 Å². The van der Waals surface area contributed by atoms with Crippen LogP contribution in [0.5, 0.6) is 0 Å². The molecule has 2 aromatic rings. The largest absolute Gasteiger partial charge is 0.307 e. The number of nitrogens with one attached hydrogen (secondary N) is 2. The van der Waals surface area contributed by atoms with Gasteiger partial charge >= 0.3 is 0 Å². The molecule has 0 saturated heterocycles. The summed E-state index contributed by atoms with van der Waals surface area (Å²) in [6, 6.07) is 19.5. The SMILES string of the molecule is O=C(/C=C/c1ccc(CNC23CC4CC(C2)CC(c2ccccc2)(C4)C3)cc1)NO. The van der Waals surface area contributed by atoms with Gasteiger partial charge in [-0.3, -0.25) is 10.0 Å². The Labute approximate surface area is 178 Å². The normalized spacial score (nSPS) is 31.9. The smallest absolute Gasteiger partial charge is 0.267 e. The third kappa shape index (κ3) is 3.70. The summed E-state index contributed by atoms with van der Waals surface area (Å²) in [5, 5.41) is 12.6. The zero-order chi connectivity index (χ0) is 20.6. The molecule has 2 aromatic carbocycles. The van der Waals surface area contributed by atoms with Crippen molar-refractivity contribution in [1.82, 2.24) is 10.8 Å². The molecule has 0 aliphatic heterocycles. The zero-order valence-corrected chi connectivity index (χ0v) is 17.3. The average molecular weight is 403 g/mol. The standard InChI is InChI=1S/C26H30N2O2/c29-24(28-30)11-10-19-6-8-20(9-7-19)17-27-26-15-21-12-22(16-26)14-25(13-21,18-26)23-4-2-1-3-5-23/h1-11,21-22,27,30H,12-18H2,(H,28,29)/b11-10+. The van der Waals surface area contributed by atoms with Crippen molar-refractivity contribution in [3.8, 4) is 0 Å². The number of hydrogen-bond acceptors (Lipinski definition) is 3. The molecule has 4 aliphatic rings. The van der Waals surface area contributed by atoms with E-state index in [1.165, 1.54) is 50.2 Å². The first-order valence-corrected chi connectivity index (χ1v) is 11.1. The lowest BCUT2D eigenvalue weighted by atomic mass is 9.45. The van der Waals surface area contributed by atoms with Crippen LogP contribution >= 0.6 is 0 Å². The van der Waals surface area contributed by atoms with Crippen LogP contribution in [0, 0.1) is 11.8 Å². The van der Waals surface area contributed by atoms with Gasteiger partial charge < -0.3 is 5.32 Å². The van der Waals surface area contributed by atoms with Crippen molar-refractivity contribution in [3.63, 3.8) is 0 Å². The number of hydroxylamine groups is 1. The summed E-state index contributed by atoms with van der Waals surface area (Å²) in [4.78, 5) is 11.1. The molecule has 0 aromatic heterocycles. The minimum absolute atomic E-state index is 0.262. The molecule has 0 radical (unpaired) electrons. The maximum atomic E-state index is 11.1. The van der Waals surface area contributed by atoms with Gasteiger partial charge in [-0.1, -0.05) is 54.6 Å². The number of amides is 1. The van der Waals surface area contributed by atoms with Gasteiger partial charge in [0.15, 0.2) is 0 Å². The minimum atomic E-state index is -0.519. The fraction of sp³-hybridized carbons (Fsp3) is 0.423. The third-order valence-electron chi connectivity index (χ3n) is 7.63. The van der Waals surface area contributed by atoms with Gasteiger partial charge in [0.1, 0.15) is 0 Å². The van der Waals surface area contributed by atoms with Crippen LogP contribution in [0.1, 0.15) is 55.2 Å². The van der Waals surface area contributed by atoms with E-state index in [1.807, 2.05) is 12.1 Å². The van der Waals surface area contributed by atoms with Gasteiger partial charge in [-0.05, 0) is 78.5 Å². The fourth-order valence-electron chi connectivity index (χ4n) is 6.84. The summed E-state index contributed by atoms with van der Waals surface area (Å²) in [5.74, 6) is 1.18. The fourth-order valence-corrected chi connectivity index (χ4v) is 6.84. The van der Waals surface area contributed by atoms with Crippen molar-refractivity contribution >= 4 is 12.0 Å². The van der Waals surface area contributed by atoms with Crippen LogP contribution in [0.2, 0.25) is 0 Å². The zero-order valence-electron chi connectivity index (χ0n) is 17.3. The van der Waals surface area contributed by atoms with E-state index in [4.69, 9.17) is 5.21 Å². The second-order valence-electron chi connectivity index (χ2n) is 9.79. The highest BCUT2D eigenvalue weighted by Crippen LogP contribution is 2.62. The minimum Gasteiger partial charge on any atom is -0.307 e. The second-order valence-corrected chi connectivity index (χ2v) is 9.79. The lowest BCUT2D eigenvalue weighted by Crippen LogP contribution is -2.63. The third-order valence-corrected chi connectivity index (χ3v) is 7.63. The topological polar surface area (TPSA) is 61.4 Å². The number of carbonyl (C=O) groups excluding carboxylic acids is 1. The van der Waals surface area contributed by atoms with Crippen LogP contribution in [-0.2, 0) is 16.8 Å². The summed E-state index contributed by atoms with van der Waals surface area (Å²) in [6.45, 7) is 0.880. The second kappa shape index (κ2) is 7.68. The Balaban J connectivity index is 1.29. The quantitative estimate of drug-likeness (QED) is 0.376. The van der Waals surface area contributed by atoms with E-state index in [2.05, 4.69) is 47.8 Å². The van der Waals surface area contributed by atoms with Gasteiger partial charge in [0.05, 0.1) is 0 Å². The molecule has 0 spiro atoms. The highest BCUT2D eigenvalue weighted by molar-refractivity contribution is 5.90. The molecule has 0 heterocycles. The average Bonchev–Trinajstić information content (AvgIpc) is 2.76. The Hall–Kier alpha value is -2.43. The van der Waals surface area contributed by atoms with Crippen LogP contribution in [0.3, 0.4) is 0 Å².